The first-order chi connectivity index (χ1) is 8.23. The maximum atomic E-state index is 12.0. The molecule has 18 heavy (non-hydrogen) atoms. The fourth-order valence-electron chi connectivity index (χ4n) is 1.24. The molecule has 1 aromatic heterocycles. The molecule has 0 aliphatic carbocycles. The number of ether oxygens (including phenoxy) is 1. The molecule has 100 valence electrons. The molecule has 1 aromatic rings. The largest absolute Gasteiger partial charge is 0.574 e. The van der Waals surface area contributed by atoms with Crippen molar-refractivity contribution in [3.05, 3.63) is 20.9 Å². The van der Waals surface area contributed by atoms with Crippen molar-refractivity contribution in [2.75, 3.05) is 0 Å². The van der Waals surface area contributed by atoms with E-state index in [1.54, 1.807) is 22.6 Å². The minimum Gasteiger partial charge on any atom is -0.481 e. The lowest BCUT2D eigenvalue weighted by Crippen LogP contribution is -2.19. The van der Waals surface area contributed by atoms with Gasteiger partial charge in [0.2, 0.25) is 5.88 Å². The standard InChI is InChI=1S/C9H8F3IN2O3/c10-9(11,12)18-7-1-5(13)4(3-14)6(15-7)2-8(16)17/h1H,2-3,14H2,(H,16,17). The van der Waals surface area contributed by atoms with Gasteiger partial charge in [-0.2, -0.15) is 0 Å². The molecule has 3 N–H and O–H groups in total. The molecule has 0 saturated heterocycles. The van der Waals surface area contributed by atoms with E-state index >= 15 is 0 Å². The summed E-state index contributed by atoms with van der Waals surface area (Å²) >= 11 is 1.75. The summed E-state index contributed by atoms with van der Waals surface area (Å²) in [5.74, 6) is -1.91. The van der Waals surface area contributed by atoms with Gasteiger partial charge < -0.3 is 15.6 Å². The Balaban J connectivity index is 3.17. The Hall–Kier alpha value is -1.10. The predicted octanol–water partition coefficient (Wildman–Crippen LogP) is 1.67. The van der Waals surface area contributed by atoms with Gasteiger partial charge >= 0.3 is 12.3 Å². The molecular formula is C9H8F3IN2O3. The van der Waals surface area contributed by atoms with Crippen LogP contribution < -0.4 is 10.5 Å². The number of pyridine rings is 1. The number of nitrogens with two attached hydrogens (primary N) is 1. The Bertz CT molecular complexity index is 465. The van der Waals surface area contributed by atoms with E-state index in [-0.39, 0.29) is 12.2 Å². The summed E-state index contributed by atoms with van der Waals surface area (Å²) in [4.78, 5) is 14.1. The van der Waals surface area contributed by atoms with Gasteiger partial charge in [-0.15, -0.1) is 13.2 Å². The van der Waals surface area contributed by atoms with Crippen LogP contribution >= 0.6 is 22.6 Å². The zero-order valence-electron chi connectivity index (χ0n) is 8.79. The summed E-state index contributed by atoms with van der Waals surface area (Å²) in [5, 5.41) is 8.65. The first-order valence-corrected chi connectivity index (χ1v) is 5.66. The summed E-state index contributed by atoms with van der Waals surface area (Å²) in [5.41, 5.74) is 5.77. The summed E-state index contributed by atoms with van der Waals surface area (Å²) < 4.78 is 40.2. The first-order valence-electron chi connectivity index (χ1n) is 4.59. The minimum atomic E-state index is -4.87. The number of carbonyl (C=O) groups is 1. The van der Waals surface area contributed by atoms with Gasteiger partial charge in [0.05, 0.1) is 12.1 Å². The highest BCUT2D eigenvalue weighted by Crippen LogP contribution is 2.26. The van der Waals surface area contributed by atoms with Crippen LogP contribution in [0.15, 0.2) is 6.07 Å². The minimum absolute atomic E-state index is 0.0137. The molecule has 0 amide bonds. The Kier molecular flexibility index (Phi) is 4.73. The fourth-order valence-corrected chi connectivity index (χ4v) is 2.04. The average molecular weight is 376 g/mol. The van der Waals surface area contributed by atoms with E-state index in [1.165, 1.54) is 0 Å². The second-order valence-corrected chi connectivity index (χ2v) is 4.35. The molecule has 0 bridgehead atoms. The van der Waals surface area contributed by atoms with Crippen LogP contribution in [0.25, 0.3) is 0 Å². The highest BCUT2D eigenvalue weighted by molar-refractivity contribution is 14.1. The zero-order valence-corrected chi connectivity index (χ0v) is 10.9. The van der Waals surface area contributed by atoms with E-state index in [0.717, 1.165) is 6.07 Å². The number of aromatic nitrogens is 1. The summed E-state index contributed by atoms with van der Waals surface area (Å²) in [6.45, 7) is -0.0137. The van der Waals surface area contributed by atoms with E-state index in [2.05, 4.69) is 9.72 Å². The van der Waals surface area contributed by atoms with E-state index in [9.17, 15) is 18.0 Å². The number of carboxylic acid groups (broad SMARTS) is 1. The lowest BCUT2D eigenvalue weighted by Gasteiger charge is -2.12. The normalized spacial score (nSPS) is 11.4. The molecule has 1 heterocycles. The molecule has 0 fully saturated rings. The number of rotatable bonds is 4. The summed E-state index contributed by atoms with van der Waals surface area (Å²) in [6, 6.07) is 1.06. The molecule has 5 nitrogen and oxygen atoms in total. The van der Waals surface area contributed by atoms with E-state index < -0.39 is 24.6 Å². The molecule has 9 heteroatoms. The van der Waals surface area contributed by atoms with Crippen molar-refractivity contribution in [2.45, 2.75) is 19.3 Å². The van der Waals surface area contributed by atoms with E-state index in [1.807, 2.05) is 0 Å². The topological polar surface area (TPSA) is 85.4 Å². The van der Waals surface area contributed by atoms with Crippen LogP contribution in [0.4, 0.5) is 13.2 Å². The Morgan fingerprint density at radius 2 is 2.17 bits per heavy atom. The van der Waals surface area contributed by atoms with E-state index in [0.29, 0.717) is 9.13 Å². The van der Waals surface area contributed by atoms with Gasteiger partial charge in [0.25, 0.3) is 0 Å². The van der Waals surface area contributed by atoms with Crippen molar-refractivity contribution in [3.63, 3.8) is 0 Å². The quantitative estimate of drug-likeness (QED) is 0.782. The van der Waals surface area contributed by atoms with Crippen molar-refractivity contribution in [1.29, 1.82) is 0 Å². The second-order valence-electron chi connectivity index (χ2n) is 3.19. The number of carboxylic acids is 1. The summed E-state index contributed by atoms with van der Waals surface area (Å²) in [6.07, 6.45) is -5.39. The maximum Gasteiger partial charge on any atom is 0.574 e. The zero-order chi connectivity index (χ0) is 13.9. The molecule has 0 saturated carbocycles. The molecule has 0 aromatic carbocycles. The molecule has 0 atom stereocenters. The first kappa shape index (κ1) is 15.0. The van der Waals surface area contributed by atoms with Crippen molar-refractivity contribution in [3.8, 4) is 5.88 Å². The van der Waals surface area contributed by atoms with Crippen molar-refractivity contribution in [2.24, 2.45) is 5.73 Å². The third-order valence-corrected chi connectivity index (χ3v) is 2.84. The third kappa shape index (κ3) is 4.29. The van der Waals surface area contributed by atoms with Crippen molar-refractivity contribution < 1.29 is 27.8 Å². The third-order valence-electron chi connectivity index (χ3n) is 1.88. The number of nitrogens with zero attached hydrogens (tertiary/aromatic N) is 1. The van der Waals surface area contributed by atoms with Crippen molar-refractivity contribution >= 4 is 28.6 Å². The fraction of sp³-hybridized carbons (Fsp3) is 0.333. The molecular weight excluding hydrogens is 368 g/mol. The molecule has 0 unspecified atom stereocenters. The number of alkyl halides is 3. The number of hydrogen-bond acceptors (Lipinski definition) is 4. The van der Waals surface area contributed by atoms with Gasteiger partial charge in [0.15, 0.2) is 0 Å². The SMILES string of the molecule is NCc1c(I)cc(OC(F)(F)F)nc1CC(=O)O. The molecule has 0 spiro atoms. The highest BCUT2D eigenvalue weighted by Gasteiger charge is 2.32. The monoisotopic (exact) mass is 376 g/mol. The number of aliphatic carboxylic acids is 1. The number of hydrogen-bond donors (Lipinski definition) is 2. The van der Waals surface area contributed by atoms with Crippen LogP contribution in [0, 0.1) is 3.57 Å². The molecule has 1 rings (SSSR count). The lowest BCUT2D eigenvalue weighted by molar-refractivity contribution is -0.276. The second kappa shape index (κ2) is 5.69. The molecule has 0 aliphatic rings. The Morgan fingerprint density at radius 3 is 2.61 bits per heavy atom. The maximum absolute atomic E-state index is 12.0. The van der Waals surface area contributed by atoms with Gasteiger partial charge in [0.1, 0.15) is 0 Å². The highest BCUT2D eigenvalue weighted by atomic mass is 127. The Morgan fingerprint density at radius 1 is 1.56 bits per heavy atom. The average Bonchev–Trinajstić information content (AvgIpc) is 2.13. The van der Waals surface area contributed by atoms with Gasteiger partial charge in [-0.1, -0.05) is 0 Å². The van der Waals surface area contributed by atoms with Gasteiger partial charge in [0, 0.05) is 21.7 Å². The van der Waals surface area contributed by atoms with Crippen LogP contribution in [0.3, 0.4) is 0 Å². The van der Waals surface area contributed by atoms with Crippen LogP contribution in [0.5, 0.6) is 5.88 Å². The predicted molar refractivity (Wildman–Crippen MR) is 62.9 cm³/mol. The Labute approximate surface area is 113 Å². The van der Waals surface area contributed by atoms with Crippen LogP contribution in [0.1, 0.15) is 11.3 Å². The summed E-state index contributed by atoms with van der Waals surface area (Å²) in [7, 11) is 0. The molecule has 0 radical (unpaired) electrons. The smallest absolute Gasteiger partial charge is 0.481 e. The van der Waals surface area contributed by atoms with Gasteiger partial charge in [-0.3, -0.25) is 4.79 Å². The van der Waals surface area contributed by atoms with Crippen molar-refractivity contribution in [1.82, 2.24) is 4.98 Å². The number of halogens is 4. The van der Waals surface area contributed by atoms with E-state index in [4.69, 9.17) is 10.8 Å². The van der Waals surface area contributed by atoms with Gasteiger partial charge in [-0.25, -0.2) is 4.98 Å². The van der Waals surface area contributed by atoms with Crippen LogP contribution in [-0.2, 0) is 17.8 Å². The van der Waals surface area contributed by atoms with Crippen LogP contribution in [-0.4, -0.2) is 22.4 Å². The molecule has 0 aliphatic heterocycles. The van der Waals surface area contributed by atoms with Gasteiger partial charge in [-0.05, 0) is 22.6 Å². The van der Waals surface area contributed by atoms with Crippen LogP contribution in [0.2, 0.25) is 0 Å². The lowest BCUT2D eigenvalue weighted by atomic mass is 10.1.